The number of rotatable bonds is 7. The van der Waals surface area contributed by atoms with Crippen LogP contribution in [0, 0.1) is 0 Å². The molecule has 1 aliphatic rings. The van der Waals surface area contributed by atoms with Crippen molar-refractivity contribution in [3.05, 3.63) is 47.0 Å². The molecule has 1 amide bonds. The predicted molar refractivity (Wildman–Crippen MR) is 111 cm³/mol. The standard InChI is InChI=1S/C23H27NO5/c1-13(2)17-9-15(5-8-22(26)27)10-18(14(3)4)23(17)29-16-6-7-19-20(11-16)28-12-21(25)24-19/h6-7,9-11,13-14H,5,8,12H2,1-4H3,(H,24,25)(H,26,27). The van der Waals surface area contributed by atoms with E-state index < -0.39 is 5.97 Å². The summed E-state index contributed by atoms with van der Waals surface area (Å²) in [5, 5.41) is 11.8. The number of benzene rings is 2. The highest BCUT2D eigenvalue weighted by atomic mass is 16.5. The molecule has 0 saturated heterocycles. The second-order valence-corrected chi connectivity index (χ2v) is 7.90. The van der Waals surface area contributed by atoms with Gasteiger partial charge in [-0.25, -0.2) is 0 Å². The molecule has 0 aliphatic carbocycles. The average Bonchev–Trinajstić information content (AvgIpc) is 2.66. The van der Waals surface area contributed by atoms with E-state index in [1.807, 2.05) is 12.1 Å². The van der Waals surface area contributed by atoms with E-state index in [2.05, 4.69) is 33.0 Å². The van der Waals surface area contributed by atoms with Crippen molar-refractivity contribution >= 4 is 17.6 Å². The minimum atomic E-state index is -0.802. The van der Waals surface area contributed by atoms with Crippen LogP contribution in [0.5, 0.6) is 17.2 Å². The average molecular weight is 397 g/mol. The molecule has 29 heavy (non-hydrogen) atoms. The molecule has 3 rings (SSSR count). The third-order valence-electron chi connectivity index (χ3n) is 4.88. The Kier molecular flexibility index (Phi) is 6.11. The third-order valence-corrected chi connectivity index (χ3v) is 4.88. The zero-order valence-corrected chi connectivity index (χ0v) is 17.2. The molecule has 0 radical (unpaired) electrons. The molecule has 2 aromatic carbocycles. The highest BCUT2D eigenvalue weighted by Gasteiger charge is 2.20. The van der Waals surface area contributed by atoms with Crippen LogP contribution in [-0.2, 0) is 16.0 Å². The fraction of sp³-hybridized carbons (Fsp3) is 0.391. The number of carboxylic acids is 1. The first-order valence-electron chi connectivity index (χ1n) is 9.87. The Morgan fingerprint density at radius 2 is 1.79 bits per heavy atom. The van der Waals surface area contributed by atoms with Crippen molar-refractivity contribution < 1.29 is 24.2 Å². The Labute approximate surface area is 170 Å². The fourth-order valence-corrected chi connectivity index (χ4v) is 3.35. The summed E-state index contributed by atoms with van der Waals surface area (Å²) in [4.78, 5) is 22.5. The molecule has 2 aromatic rings. The molecule has 0 spiro atoms. The molecule has 1 aliphatic heterocycles. The Morgan fingerprint density at radius 1 is 1.14 bits per heavy atom. The van der Waals surface area contributed by atoms with Gasteiger partial charge in [0.2, 0.25) is 0 Å². The minimum Gasteiger partial charge on any atom is -0.481 e. The van der Waals surface area contributed by atoms with Crippen molar-refractivity contribution in [3.63, 3.8) is 0 Å². The highest BCUT2D eigenvalue weighted by molar-refractivity contribution is 5.95. The topological polar surface area (TPSA) is 84.9 Å². The van der Waals surface area contributed by atoms with Gasteiger partial charge in [0.25, 0.3) is 5.91 Å². The maximum Gasteiger partial charge on any atom is 0.303 e. The summed E-state index contributed by atoms with van der Waals surface area (Å²) in [5.41, 5.74) is 3.72. The smallest absolute Gasteiger partial charge is 0.303 e. The van der Waals surface area contributed by atoms with Crippen LogP contribution in [0.1, 0.15) is 62.6 Å². The fourth-order valence-electron chi connectivity index (χ4n) is 3.35. The number of carboxylic acid groups (broad SMARTS) is 1. The first kappa shape index (κ1) is 20.7. The largest absolute Gasteiger partial charge is 0.481 e. The molecule has 154 valence electrons. The Bertz CT molecular complexity index is 904. The van der Waals surface area contributed by atoms with E-state index in [0.717, 1.165) is 22.4 Å². The number of hydrogen-bond acceptors (Lipinski definition) is 4. The summed E-state index contributed by atoms with van der Waals surface area (Å²) in [7, 11) is 0. The number of amides is 1. The number of carbonyl (C=O) groups is 2. The van der Waals surface area contributed by atoms with Crippen LogP contribution in [0.3, 0.4) is 0 Å². The number of ether oxygens (including phenoxy) is 2. The SMILES string of the molecule is CC(C)c1cc(CCC(=O)O)cc(C(C)C)c1Oc1ccc2c(c1)OCC(=O)N2. The Morgan fingerprint density at radius 3 is 2.38 bits per heavy atom. The lowest BCUT2D eigenvalue weighted by Gasteiger charge is -2.23. The zero-order valence-electron chi connectivity index (χ0n) is 17.2. The highest BCUT2D eigenvalue weighted by Crippen LogP contribution is 2.41. The molecule has 0 saturated carbocycles. The molecule has 0 unspecified atom stereocenters. The van der Waals surface area contributed by atoms with Crippen LogP contribution < -0.4 is 14.8 Å². The quantitative estimate of drug-likeness (QED) is 0.681. The first-order chi connectivity index (χ1) is 13.7. The van der Waals surface area contributed by atoms with Gasteiger partial charge in [-0.15, -0.1) is 0 Å². The number of anilines is 1. The number of fused-ring (bicyclic) bond motifs is 1. The minimum absolute atomic E-state index is 0.0107. The molecule has 0 aromatic heterocycles. The summed E-state index contributed by atoms with van der Waals surface area (Å²) in [6, 6.07) is 9.45. The van der Waals surface area contributed by atoms with Gasteiger partial charge in [0, 0.05) is 12.5 Å². The van der Waals surface area contributed by atoms with Crippen molar-refractivity contribution in [3.8, 4) is 17.2 Å². The zero-order chi connectivity index (χ0) is 21.1. The first-order valence-corrected chi connectivity index (χ1v) is 9.87. The number of carbonyl (C=O) groups excluding carboxylic acids is 1. The molecule has 0 fully saturated rings. The number of hydrogen-bond donors (Lipinski definition) is 2. The Balaban J connectivity index is 1.99. The van der Waals surface area contributed by atoms with Crippen molar-refractivity contribution in [2.75, 3.05) is 11.9 Å². The van der Waals surface area contributed by atoms with Gasteiger partial charge in [-0.3, -0.25) is 9.59 Å². The molecular weight excluding hydrogens is 370 g/mol. The van der Waals surface area contributed by atoms with E-state index >= 15 is 0 Å². The van der Waals surface area contributed by atoms with Gasteiger partial charge in [0.05, 0.1) is 5.69 Å². The summed E-state index contributed by atoms with van der Waals surface area (Å²) in [5.74, 6) is 1.45. The van der Waals surface area contributed by atoms with Crippen molar-refractivity contribution in [1.82, 2.24) is 0 Å². The van der Waals surface area contributed by atoms with E-state index in [1.54, 1.807) is 18.2 Å². The van der Waals surface area contributed by atoms with Crippen LogP contribution in [-0.4, -0.2) is 23.6 Å². The third kappa shape index (κ3) is 4.88. The predicted octanol–water partition coefficient (Wildman–Crippen LogP) is 5.07. The van der Waals surface area contributed by atoms with Crippen molar-refractivity contribution in [2.45, 2.75) is 52.4 Å². The molecule has 0 atom stereocenters. The van der Waals surface area contributed by atoms with Crippen LogP contribution in [0.2, 0.25) is 0 Å². The van der Waals surface area contributed by atoms with E-state index in [0.29, 0.717) is 23.6 Å². The van der Waals surface area contributed by atoms with Gasteiger partial charge < -0.3 is 19.9 Å². The molecule has 0 bridgehead atoms. The van der Waals surface area contributed by atoms with E-state index in [9.17, 15) is 9.59 Å². The van der Waals surface area contributed by atoms with Crippen LogP contribution in [0.15, 0.2) is 30.3 Å². The van der Waals surface area contributed by atoms with Gasteiger partial charge >= 0.3 is 5.97 Å². The van der Waals surface area contributed by atoms with E-state index in [4.69, 9.17) is 14.6 Å². The molecular formula is C23H27NO5. The normalized spacial score (nSPS) is 13.1. The number of nitrogens with one attached hydrogen (secondary N) is 1. The van der Waals surface area contributed by atoms with Gasteiger partial charge in [0.1, 0.15) is 17.2 Å². The van der Waals surface area contributed by atoms with Crippen LogP contribution >= 0.6 is 0 Å². The maximum absolute atomic E-state index is 11.5. The van der Waals surface area contributed by atoms with Crippen LogP contribution in [0.4, 0.5) is 5.69 Å². The second kappa shape index (κ2) is 8.55. The molecule has 6 heteroatoms. The maximum atomic E-state index is 11.5. The van der Waals surface area contributed by atoms with Gasteiger partial charge in [-0.1, -0.05) is 39.8 Å². The summed E-state index contributed by atoms with van der Waals surface area (Å²) >= 11 is 0. The number of aliphatic carboxylic acids is 1. The molecule has 2 N–H and O–H groups in total. The summed E-state index contributed by atoms with van der Waals surface area (Å²) in [6.45, 7) is 8.37. The lowest BCUT2D eigenvalue weighted by molar-refractivity contribution is -0.137. The second-order valence-electron chi connectivity index (χ2n) is 7.90. The van der Waals surface area contributed by atoms with Gasteiger partial charge in [0.15, 0.2) is 6.61 Å². The number of aryl methyl sites for hydroxylation is 1. The Hall–Kier alpha value is -3.02. The van der Waals surface area contributed by atoms with E-state index in [-0.39, 0.29) is 30.8 Å². The van der Waals surface area contributed by atoms with E-state index in [1.165, 1.54) is 0 Å². The van der Waals surface area contributed by atoms with Gasteiger partial charge in [-0.2, -0.15) is 0 Å². The lowest BCUT2D eigenvalue weighted by Crippen LogP contribution is -2.25. The van der Waals surface area contributed by atoms with Crippen LogP contribution in [0.25, 0.3) is 0 Å². The molecule has 6 nitrogen and oxygen atoms in total. The summed E-state index contributed by atoms with van der Waals surface area (Å²) < 4.78 is 11.8. The van der Waals surface area contributed by atoms with Crippen molar-refractivity contribution in [1.29, 1.82) is 0 Å². The van der Waals surface area contributed by atoms with Gasteiger partial charge in [-0.05, 0) is 47.1 Å². The van der Waals surface area contributed by atoms with Crippen molar-refractivity contribution in [2.24, 2.45) is 0 Å². The monoisotopic (exact) mass is 397 g/mol. The lowest BCUT2D eigenvalue weighted by atomic mass is 9.90. The molecule has 1 heterocycles. The summed E-state index contributed by atoms with van der Waals surface area (Å²) in [6.07, 6.45) is 0.588.